The van der Waals surface area contributed by atoms with E-state index in [1.807, 2.05) is 30.9 Å². The monoisotopic (exact) mass is 418 g/mol. The highest BCUT2D eigenvalue weighted by Gasteiger charge is 2.31. The van der Waals surface area contributed by atoms with Crippen molar-refractivity contribution in [1.82, 2.24) is 15.1 Å². The predicted octanol–water partition coefficient (Wildman–Crippen LogP) is 4.76. The van der Waals surface area contributed by atoms with E-state index in [1.165, 1.54) is 5.56 Å². The van der Waals surface area contributed by atoms with Crippen LogP contribution in [0.5, 0.6) is 0 Å². The largest absolute Gasteiger partial charge is 0.408 e. The molecule has 158 valence electrons. The fourth-order valence-corrected chi connectivity index (χ4v) is 3.88. The van der Waals surface area contributed by atoms with Crippen LogP contribution in [0.1, 0.15) is 57.9 Å². The normalized spacial score (nSPS) is 16.4. The summed E-state index contributed by atoms with van der Waals surface area (Å²) < 4.78 is 5.68. The first kappa shape index (κ1) is 21.6. The SMILES string of the molecule is CC(C)Cc1nnc(NC(C(=O)N2CCC(c3ccc(Cl)cc3)CC2)C(C)C)o1. The molecule has 1 amide bonds. The van der Waals surface area contributed by atoms with Crippen LogP contribution in [0.3, 0.4) is 0 Å². The molecule has 1 aliphatic rings. The molecule has 2 aromatic rings. The molecule has 1 N–H and O–H groups in total. The summed E-state index contributed by atoms with van der Waals surface area (Å²) >= 11 is 6.00. The van der Waals surface area contributed by atoms with Crippen molar-refractivity contribution < 1.29 is 9.21 Å². The van der Waals surface area contributed by atoms with Crippen LogP contribution in [0.2, 0.25) is 5.02 Å². The average molecular weight is 419 g/mol. The van der Waals surface area contributed by atoms with Crippen molar-refractivity contribution in [3.63, 3.8) is 0 Å². The number of carbonyl (C=O) groups excluding carboxylic acids is 1. The second-order valence-electron chi connectivity index (χ2n) is 8.62. The number of hydrogen-bond acceptors (Lipinski definition) is 5. The van der Waals surface area contributed by atoms with Gasteiger partial charge in [-0.3, -0.25) is 4.79 Å². The molecule has 1 atom stereocenters. The first-order chi connectivity index (χ1) is 13.8. The average Bonchev–Trinajstić information content (AvgIpc) is 3.12. The standard InChI is InChI=1S/C22H31ClN4O2/c1-14(2)13-19-25-26-22(29-19)24-20(15(3)4)21(28)27-11-9-17(10-12-27)16-5-7-18(23)8-6-16/h5-8,14-15,17,20H,9-13H2,1-4H3,(H,24,26). The second-order valence-corrected chi connectivity index (χ2v) is 9.05. The molecule has 0 saturated carbocycles. The van der Waals surface area contributed by atoms with Crippen LogP contribution in [0.4, 0.5) is 6.01 Å². The maximum Gasteiger partial charge on any atom is 0.316 e. The van der Waals surface area contributed by atoms with Crippen molar-refractivity contribution in [1.29, 1.82) is 0 Å². The Labute approximate surface area is 178 Å². The van der Waals surface area contributed by atoms with E-state index in [0.29, 0.717) is 23.7 Å². The quantitative estimate of drug-likeness (QED) is 0.701. The Morgan fingerprint density at radius 3 is 2.41 bits per heavy atom. The minimum Gasteiger partial charge on any atom is -0.408 e. The Kier molecular flexibility index (Phi) is 7.17. The highest BCUT2D eigenvalue weighted by atomic mass is 35.5. The molecule has 2 heterocycles. The van der Waals surface area contributed by atoms with E-state index in [1.54, 1.807) is 0 Å². The third-order valence-electron chi connectivity index (χ3n) is 5.41. The molecule has 6 nitrogen and oxygen atoms in total. The smallest absolute Gasteiger partial charge is 0.316 e. The summed E-state index contributed by atoms with van der Waals surface area (Å²) in [6.07, 6.45) is 2.64. The van der Waals surface area contributed by atoms with Crippen molar-refractivity contribution in [2.75, 3.05) is 18.4 Å². The van der Waals surface area contributed by atoms with Crippen molar-refractivity contribution >= 4 is 23.5 Å². The van der Waals surface area contributed by atoms with Gasteiger partial charge in [0.1, 0.15) is 6.04 Å². The number of rotatable bonds is 7. The number of hydrogen-bond donors (Lipinski definition) is 1. The highest BCUT2D eigenvalue weighted by molar-refractivity contribution is 6.30. The van der Waals surface area contributed by atoms with E-state index in [2.05, 4.69) is 41.5 Å². The molecule has 0 radical (unpaired) electrons. The van der Waals surface area contributed by atoms with Gasteiger partial charge < -0.3 is 14.6 Å². The topological polar surface area (TPSA) is 71.3 Å². The Morgan fingerprint density at radius 2 is 1.83 bits per heavy atom. The van der Waals surface area contributed by atoms with E-state index in [4.69, 9.17) is 16.0 Å². The molecule has 7 heteroatoms. The second kappa shape index (κ2) is 9.61. The highest BCUT2D eigenvalue weighted by Crippen LogP contribution is 2.29. The third kappa shape index (κ3) is 5.72. The van der Waals surface area contributed by atoms with Gasteiger partial charge in [-0.15, -0.1) is 5.10 Å². The van der Waals surface area contributed by atoms with Crippen LogP contribution in [-0.4, -0.2) is 40.1 Å². The lowest BCUT2D eigenvalue weighted by molar-refractivity contribution is -0.134. The number of aromatic nitrogens is 2. The maximum absolute atomic E-state index is 13.2. The van der Waals surface area contributed by atoms with Gasteiger partial charge in [0.25, 0.3) is 0 Å². The fourth-order valence-electron chi connectivity index (χ4n) is 3.76. The number of piperidine rings is 1. The molecule has 1 saturated heterocycles. The molecule has 29 heavy (non-hydrogen) atoms. The van der Waals surface area contributed by atoms with Crippen LogP contribution in [0.25, 0.3) is 0 Å². The number of anilines is 1. The summed E-state index contributed by atoms with van der Waals surface area (Å²) in [6, 6.07) is 8.00. The van der Waals surface area contributed by atoms with Gasteiger partial charge in [-0.05, 0) is 48.3 Å². The molecule has 3 rings (SSSR count). The summed E-state index contributed by atoms with van der Waals surface area (Å²) in [5.74, 6) is 1.71. The van der Waals surface area contributed by atoms with Gasteiger partial charge in [-0.25, -0.2) is 0 Å². The Hall–Kier alpha value is -2.08. The summed E-state index contributed by atoms with van der Waals surface area (Å²) in [5, 5.41) is 12.1. The van der Waals surface area contributed by atoms with Crippen molar-refractivity contribution in [3.05, 3.63) is 40.7 Å². The summed E-state index contributed by atoms with van der Waals surface area (Å²) in [5.41, 5.74) is 1.29. The van der Waals surface area contributed by atoms with E-state index in [0.717, 1.165) is 37.4 Å². The molecule has 1 aromatic carbocycles. The minimum atomic E-state index is -0.380. The summed E-state index contributed by atoms with van der Waals surface area (Å²) in [6.45, 7) is 9.76. The first-order valence-corrected chi connectivity index (χ1v) is 10.8. The molecule has 1 aromatic heterocycles. The van der Waals surface area contributed by atoms with E-state index in [9.17, 15) is 4.79 Å². The van der Waals surface area contributed by atoms with Gasteiger partial charge in [-0.2, -0.15) is 0 Å². The lowest BCUT2D eigenvalue weighted by Crippen LogP contribution is -2.48. The zero-order valence-electron chi connectivity index (χ0n) is 17.7. The van der Waals surface area contributed by atoms with Gasteiger partial charge >= 0.3 is 6.01 Å². The van der Waals surface area contributed by atoms with Gasteiger partial charge in [0, 0.05) is 24.5 Å². The number of halogens is 1. The van der Waals surface area contributed by atoms with Crippen molar-refractivity contribution in [2.45, 2.75) is 58.9 Å². The summed E-state index contributed by atoms with van der Waals surface area (Å²) in [4.78, 5) is 15.1. The van der Waals surface area contributed by atoms with E-state index < -0.39 is 0 Å². The summed E-state index contributed by atoms with van der Waals surface area (Å²) in [7, 11) is 0. The first-order valence-electron chi connectivity index (χ1n) is 10.5. The number of carbonyl (C=O) groups is 1. The van der Waals surface area contributed by atoms with Crippen LogP contribution in [-0.2, 0) is 11.2 Å². The van der Waals surface area contributed by atoms with Gasteiger partial charge in [-0.1, -0.05) is 56.5 Å². The Bertz CT molecular complexity index is 795. The van der Waals surface area contributed by atoms with Crippen molar-refractivity contribution in [2.24, 2.45) is 11.8 Å². The maximum atomic E-state index is 13.2. The molecule has 0 spiro atoms. The van der Waals surface area contributed by atoms with Crippen molar-refractivity contribution in [3.8, 4) is 0 Å². The molecule has 0 bridgehead atoms. The number of likely N-dealkylation sites (tertiary alicyclic amines) is 1. The molecule has 1 aliphatic heterocycles. The number of benzene rings is 1. The van der Waals surface area contributed by atoms with Gasteiger partial charge in [0.05, 0.1) is 0 Å². The Morgan fingerprint density at radius 1 is 1.17 bits per heavy atom. The molecule has 1 fully saturated rings. The zero-order valence-corrected chi connectivity index (χ0v) is 18.4. The predicted molar refractivity (Wildman–Crippen MR) is 115 cm³/mol. The van der Waals surface area contributed by atoms with Crippen LogP contribution >= 0.6 is 11.6 Å². The fraction of sp³-hybridized carbons (Fsp3) is 0.591. The van der Waals surface area contributed by atoms with Crippen LogP contribution < -0.4 is 5.32 Å². The molecule has 1 unspecified atom stereocenters. The number of nitrogens with one attached hydrogen (secondary N) is 1. The molecular weight excluding hydrogens is 388 g/mol. The third-order valence-corrected chi connectivity index (χ3v) is 5.66. The van der Waals surface area contributed by atoms with Crippen LogP contribution in [0, 0.1) is 11.8 Å². The van der Waals surface area contributed by atoms with E-state index >= 15 is 0 Å². The van der Waals surface area contributed by atoms with Gasteiger partial charge in [0.15, 0.2) is 0 Å². The lowest BCUT2D eigenvalue weighted by atomic mass is 9.89. The Balaban J connectivity index is 1.59. The van der Waals surface area contributed by atoms with Gasteiger partial charge in [0.2, 0.25) is 11.8 Å². The van der Waals surface area contributed by atoms with Crippen LogP contribution in [0.15, 0.2) is 28.7 Å². The number of nitrogens with zero attached hydrogens (tertiary/aromatic N) is 3. The molecular formula is C22H31ClN4O2. The molecule has 0 aliphatic carbocycles. The number of amides is 1. The zero-order chi connectivity index (χ0) is 21.0. The lowest BCUT2D eigenvalue weighted by Gasteiger charge is -2.35. The minimum absolute atomic E-state index is 0.0955. The van der Waals surface area contributed by atoms with E-state index in [-0.39, 0.29) is 17.9 Å².